The summed E-state index contributed by atoms with van der Waals surface area (Å²) in [7, 11) is -1.92. The fourth-order valence-electron chi connectivity index (χ4n) is 1.98. The Bertz CT molecular complexity index is 703. The molecule has 8 heteroatoms. The number of hydrogen-bond donors (Lipinski definition) is 0. The summed E-state index contributed by atoms with van der Waals surface area (Å²) in [5, 5.41) is 7.79. The molecule has 0 fully saturated rings. The van der Waals surface area contributed by atoms with Crippen LogP contribution in [-0.4, -0.2) is 34.5 Å². The van der Waals surface area contributed by atoms with Crippen LogP contribution in [0.5, 0.6) is 0 Å². The van der Waals surface area contributed by atoms with Crippen LogP contribution in [0, 0.1) is 13.8 Å². The standard InChI is InChI=1S/C12H18N4O2S2/c1-5-16-8-13-14-12(16)7-15(4)20(17,18)11-6-9(2)19-10(11)3/h6,8H,5,7H2,1-4H3. The Balaban J connectivity index is 2.28. The van der Waals surface area contributed by atoms with Gasteiger partial charge < -0.3 is 4.57 Å². The number of rotatable bonds is 5. The van der Waals surface area contributed by atoms with Crippen LogP contribution in [0.2, 0.25) is 0 Å². The van der Waals surface area contributed by atoms with Gasteiger partial charge in [0.2, 0.25) is 10.0 Å². The van der Waals surface area contributed by atoms with Crippen molar-refractivity contribution in [3.63, 3.8) is 0 Å². The molecule has 0 aliphatic heterocycles. The second kappa shape index (κ2) is 5.63. The van der Waals surface area contributed by atoms with Gasteiger partial charge in [-0.1, -0.05) is 0 Å². The molecular formula is C12H18N4O2S2. The number of aryl methyl sites for hydroxylation is 3. The smallest absolute Gasteiger partial charge is 0.244 e. The molecule has 110 valence electrons. The van der Waals surface area contributed by atoms with Gasteiger partial charge in [-0.25, -0.2) is 8.42 Å². The molecule has 2 aromatic heterocycles. The van der Waals surface area contributed by atoms with E-state index in [1.54, 1.807) is 19.4 Å². The fraction of sp³-hybridized carbons (Fsp3) is 0.500. The maximum absolute atomic E-state index is 12.6. The molecule has 2 heterocycles. The van der Waals surface area contributed by atoms with Gasteiger partial charge in [0, 0.05) is 23.3 Å². The molecule has 0 aromatic carbocycles. The third-order valence-corrected chi connectivity index (χ3v) is 6.11. The molecule has 2 rings (SSSR count). The van der Waals surface area contributed by atoms with Gasteiger partial charge in [-0.3, -0.25) is 0 Å². The molecule has 0 radical (unpaired) electrons. The number of nitrogens with zero attached hydrogens (tertiary/aromatic N) is 4. The van der Waals surface area contributed by atoms with Crippen molar-refractivity contribution in [3.8, 4) is 0 Å². The van der Waals surface area contributed by atoms with Crippen LogP contribution < -0.4 is 0 Å². The first-order valence-corrected chi connectivity index (χ1v) is 8.52. The minimum Gasteiger partial charge on any atom is -0.317 e. The molecule has 0 N–H and O–H groups in total. The monoisotopic (exact) mass is 314 g/mol. The molecule has 0 saturated carbocycles. The Morgan fingerprint density at radius 1 is 1.40 bits per heavy atom. The van der Waals surface area contributed by atoms with Gasteiger partial charge in [-0.15, -0.1) is 21.5 Å². The van der Waals surface area contributed by atoms with Gasteiger partial charge in [0.1, 0.15) is 12.2 Å². The maximum Gasteiger partial charge on any atom is 0.244 e. The second-order valence-corrected chi connectivity index (χ2v) is 8.05. The number of thiophene rings is 1. The fourth-order valence-corrected chi connectivity index (χ4v) is 4.63. The lowest BCUT2D eigenvalue weighted by Crippen LogP contribution is -2.28. The van der Waals surface area contributed by atoms with E-state index in [0.717, 1.165) is 9.75 Å². The predicted molar refractivity (Wildman–Crippen MR) is 78.1 cm³/mol. The molecule has 6 nitrogen and oxygen atoms in total. The molecule has 0 spiro atoms. The van der Waals surface area contributed by atoms with Gasteiger partial charge in [0.25, 0.3) is 0 Å². The Morgan fingerprint density at radius 3 is 2.65 bits per heavy atom. The Morgan fingerprint density at radius 2 is 2.10 bits per heavy atom. The lowest BCUT2D eigenvalue weighted by Gasteiger charge is -2.16. The highest BCUT2D eigenvalue weighted by molar-refractivity contribution is 7.89. The van der Waals surface area contributed by atoms with Crippen molar-refractivity contribution < 1.29 is 8.42 Å². The molecule has 0 saturated heterocycles. The highest BCUT2D eigenvalue weighted by Crippen LogP contribution is 2.27. The van der Waals surface area contributed by atoms with Crippen LogP contribution in [0.4, 0.5) is 0 Å². The van der Waals surface area contributed by atoms with Crippen molar-refractivity contribution in [2.75, 3.05) is 7.05 Å². The van der Waals surface area contributed by atoms with Crippen molar-refractivity contribution >= 4 is 21.4 Å². The molecule has 0 amide bonds. The van der Waals surface area contributed by atoms with Crippen molar-refractivity contribution in [3.05, 3.63) is 28.0 Å². The van der Waals surface area contributed by atoms with Crippen LogP contribution in [0.25, 0.3) is 0 Å². The molecule has 0 aliphatic rings. The average Bonchev–Trinajstić information content (AvgIpc) is 2.95. The number of hydrogen-bond acceptors (Lipinski definition) is 5. The van der Waals surface area contributed by atoms with E-state index in [1.165, 1.54) is 15.6 Å². The first-order chi connectivity index (χ1) is 9.36. The van der Waals surface area contributed by atoms with Crippen molar-refractivity contribution in [2.45, 2.75) is 38.8 Å². The maximum atomic E-state index is 12.6. The molecule has 0 aliphatic carbocycles. The van der Waals surface area contributed by atoms with E-state index in [0.29, 0.717) is 17.3 Å². The van der Waals surface area contributed by atoms with Crippen LogP contribution >= 0.6 is 11.3 Å². The van der Waals surface area contributed by atoms with E-state index in [2.05, 4.69) is 10.2 Å². The van der Waals surface area contributed by atoms with Crippen LogP contribution in [-0.2, 0) is 23.1 Å². The topological polar surface area (TPSA) is 68.1 Å². The van der Waals surface area contributed by atoms with Crippen LogP contribution in [0.1, 0.15) is 22.5 Å². The van der Waals surface area contributed by atoms with Crippen molar-refractivity contribution in [1.29, 1.82) is 0 Å². The summed E-state index contributed by atoms with van der Waals surface area (Å²) in [5.74, 6) is 0.642. The van der Waals surface area contributed by atoms with Gasteiger partial charge in [-0.2, -0.15) is 4.31 Å². The zero-order chi connectivity index (χ0) is 14.9. The van der Waals surface area contributed by atoms with Gasteiger partial charge in [0.05, 0.1) is 11.4 Å². The lowest BCUT2D eigenvalue weighted by molar-refractivity contribution is 0.447. The third kappa shape index (κ3) is 2.77. The van der Waals surface area contributed by atoms with E-state index in [9.17, 15) is 8.42 Å². The van der Waals surface area contributed by atoms with Crippen LogP contribution in [0.3, 0.4) is 0 Å². The quantitative estimate of drug-likeness (QED) is 0.844. The lowest BCUT2D eigenvalue weighted by atomic mass is 10.4. The van der Waals surface area contributed by atoms with E-state index >= 15 is 0 Å². The summed E-state index contributed by atoms with van der Waals surface area (Å²) >= 11 is 1.49. The van der Waals surface area contributed by atoms with Crippen molar-refractivity contribution in [1.82, 2.24) is 19.1 Å². The minimum absolute atomic E-state index is 0.213. The molecule has 2 aromatic rings. The van der Waals surface area contributed by atoms with E-state index in [4.69, 9.17) is 0 Å². The molecule has 20 heavy (non-hydrogen) atoms. The highest BCUT2D eigenvalue weighted by atomic mass is 32.2. The zero-order valence-electron chi connectivity index (χ0n) is 12.0. The van der Waals surface area contributed by atoms with E-state index in [1.807, 2.05) is 25.3 Å². The summed E-state index contributed by atoms with van der Waals surface area (Å²) in [4.78, 5) is 2.18. The number of aromatic nitrogens is 3. The van der Waals surface area contributed by atoms with Gasteiger partial charge >= 0.3 is 0 Å². The Kier molecular flexibility index (Phi) is 4.26. The second-order valence-electron chi connectivity index (χ2n) is 4.57. The first kappa shape index (κ1) is 15.1. The highest BCUT2D eigenvalue weighted by Gasteiger charge is 2.25. The Hall–Kier alpha value is -1.25. The number of sulfonamides is 1. The third-order valence-electron chi connectivity index (χ3n) is 3.08. The summed E-state index contributed by atoms with van der Waals surface area (Å²) in [6.45, 7) is 6.63. The van der Waals surface area contributed by atoms with Crippen LogP contribution in [0.15, 0.2) is 17.3 Å². The Labute approximate surface area is 123 Å². The minimum atomic E-state index is -3.49. The van der Waals surface area contributed by atoms with Crippen molar-refractivity contribution in [2.24, 2.45) is 0 Å². The molecule has 0 unspecified atom stereocenters. The molecular weight excluding hydrogens is 296 g/mol. The SMILES string of the molecule is CCn1cnnc1CN(C)S(=O)(=O)c1cc(C)sc1C. The predicted octanol–water partition coefficient (Wildman–Crippen LogP) is 1.80. The average molecular weight is 314 g/mol. The summed E-state index contributed by atoms with van der Waals surface area (Å²) < 4.78 is 28.3. The summed E-state index contributed by atoms with van der Waals surface area (Å²) in [5.41, 5.74) is 0. The zero-order valence-corrected chi connectivity index (χ0v) is 13.6. The molecule has 0 bridgehead atoms. The largest absolute Gasteiger partial charge is 0.317 e. The normalized spacial score (nSPS) is 12.2. The molecule has 0 atom stereocenters. The van der Waals surface area contributed by atoms with Gasteiger partial charge in [0.15, 0.2) is 0 Å². The first-order valence-electron chi connectivity index (χ1n) is 6.26. The van der Waals surface area contributed by atoms with Gasteiger partial charge in [-0.05, 0) is 26.8 Å². The summed E-state index contributed by atoms with van der Waals surface area (Å²) in [6, 6.07) is 1.72. The van der Waals surface area contributed by atoms with E-state index < -0.39 is 10.0 Å². The summed E-state index contributed by atoms with van der Waals surface area (Å²) in [6.07, 6.45) is 1.61. The van der Waals surface area contributed by atoms with E-state index in [-0.39, 0.29) is 6.54 Å².